The van der Waals surface area contributed by atoms with E-state index < -0.39 is 0 Å². The quantitative estimate of drug-likeness (QED) is 0.834. The van der Waals surface area contributed by atoms with Crippen molar-refractivity contribution in [1.29, 1.82) is 0 Å². The number of aromatic nitrogens is 1. The number of nitrogens with one attached hydrogen (secondary N) is 1. The van der Waals surface area contributed by atoms with Gasteiger partial charge in [0, 0.05) is 6.04 Å². The lowest BCUT2D eigenvalue weighted by Gasteiger charge is -2.20. The molecule has 1 aliphatic rings. The van der Waals surface area contributed by atoms with Crippen molar-refractivity contribution in [2.45, 2.75) is 51.6 Å². The van der Waals surface area contributed by atoms with Crippen LogP contribution in [0.4, 0.5) is 0 Å². The van der Waals surface area contributed by atoms with Gasteiger partial charge in [-0.1, -0.05) is 12.8 Å². The zero-order chi connectivity index (χ0) is 13.0. The predicted octanol–water partition coefficient (Wildman–Crippen LogP) is 2.59. The number of carbonyl (C=O) groups is 1. The molecule has 1 heterocycles. The van der Waals surface area contributed by atoms with Gasteiger partial charge in [0.2, 0.25) is 0 Å². The van der Waals surface area contributed by atoms with Crippen LogP contribution in [-0.2, 0) is 9.53 Å². The molecule has 0 bridgehead atoms. The van der Waals surface area contributed by atoms with E-state index in [1.807, 2.05) is 13.8 Å². The molecule has 1 aliphatic carbocycles. The van der Waals surface area contributed by atoms with Crippen LogP contribution in [-0.4, -0.2) is 23.6 Å². The number of thiazole rings is 1. The average molecular weight is 268 g/mol. The standard InChI is InChI=1S/C13H20N2O2S/c1-3-17-13(16)11(12-9(2)14-8-18-12)15-10-6-4-5-7-10/h8,10-11,15H,3-7H2,1-2H3. The molecule has 5 heteroatoms. The summed E-state index contributed by atoms with van der Waals surface area (Å²) < 4.78 is 5.17. The van der Waals surface area contributed by atoms with Crippen molar-refractivity contribution in [3.63, 3.8) is 0 Å². The smallest absolute Gasteiger partial charge is 0.328 e. The molecular formula is C13H20N2O2S. The largest absolute Gasteiger partial charge is 0.465 e. The molecule has 0 spiro atoms. The Bertz CT molecular complexity index is 399. The molecule has 18 heavy (non-hydrogen) atoms. The monoisotopic (exact) mass is 268 g/mol. The van der Waals surface area contributed by atoms with Crippen molar-refractivity contribution in [1.82, 2.24) is 10.3 Å². The molecule has 1 fully saturated rings. The van der Waals surface area contributed by atoms with Gasteiger partial charge in [-0.3, -0.25) is 5.32 Å². The minimum Gasteiger partial charge on any atom is -0.465 e. The van der Waals surface area contributed by atoms with Crippen LogP contribution in [0.1, 0.15) is 49.2 Å². The van der Waals surface area contributed by atoms with Gasteiger partial charge in [0.05, 0.1) is 22.7 Å². The number of ether oxygens (including phenoxy) is 1. The van der Waals surface area contributed by atoms with E-state index in [9.17, 15) is 4.79 Å². The van der Waals surface area contributed by atoms with Gasteiger partial charge >= 0.3 is 5.97 Å². The van der Waals surface area contributed by atoms with Crippen molar-refractivity contribution < 1.29 is 9.53 Å². The maximum Gasteiger partial charge on any atom is 0.328 e. The summed E-state index contributed by atoms with van der Waals surface area (Å²) in [5.41, 5.74) is 2.70. The Hall–Kier alpha value is -0.940. The second-order valence-corrected chi connectivity index (χ2v) is 5.52. The number of rotatable bonds is 5. The van der Waals surface area contributed by atoms with Crippen LogP contribution in [0.25, 0.3) is 0 Å². The predicted molar refractivity (Wildman–Crippen MR) is 71.6 cm³/mol. The van der Waals surface area contributed by atoms with E-state index in [-0.39, 0.29) is 12.0 Å². The second kappa shape index (κ2) is 6.29. The molecule has 1 unspecified atom stereocenters. The van der Waals surface area contributed by atoms with Crippen LogP contribution in [0.3, 0.4) is 0 Å². The Morgan fingerprint density at radius 3 is 2.89 bits per heavy atom. The number of carbonyl (C=O) groups excluding carboxylic acids is 1. The first-order valence-corrected chi connectivity index (χ1v) is 7.43. The maximum absolute atomic E-state index is 12.1. The molecule has 0 saturated heterocycles. The molecule has 1 aromatic heterocycles. The molecule has 100 valence electrons. The fraction of sp³-hybridized carbons (Fsp3) is 0.692. The van der Waals surface area contributed by atoms with E-state index in [0.717, 1.165) is 23.4 Å². The molecule has 2 rings (SSSR count). The van der Waals surface area contributed by atoms with Gasteiger partial charge < -0.3 is 4.74 Å². The van der Waals surface area contributed by atoms with Crippen molar-refractivity contribution in [3.05, 3.63) is 16.1 Å². The Morgan fingerprint density at radius 1 is 1.61 bits per heavy atom. The van der Waals surface area contributed by atoms with E-state index in [1.165, 1.54) is 24.2 Å². The van der Waals surface area contributed by atoms with Crippen molar-refractivity contribution in [2.75, 3.05) is 6.61 Å². The Morgan fingerprint density at radius 2 is 2.33 bits per heavy atom. The highest BCUT2D eigenvalue weighted by molar-refractivity contribution is 7.10. The third-order valence-electron chi connectivity index (χ3n) is 3.32. The fourth-order valence-electron chi connectivity index (χ4n) is 2.39. The van der Waals surface area contributed by atoms with Crippen LogP contribution in [0.2, 0.25) is 0 Å². The summed E-state index contributed by atoms with van der Waals surface area (Å²) >= 11 is 1.52. The summed E-state index contributed by atoms with van der Waals surface area (Å²) in [5, 5.41) is 3.44. The maximum atomic E-state index is 12.1. The van der Waals surface area contributed by atoms with E-state index in [4.69, 9.17) is 4.74 Å². The lowest BCUT2D eigenvalue weighted by molar-refractivity contribution is -0.146. The van der Waals surface area contributed by atoms with Crippen LogP contribution in [0.5, 0.6) is 0 Å². The fourth-order valence-corrected chi connectivity index (χ4v) is 3.24. The zero-order valence-corrected chi connectivity index (χ0v) is 11.8. The van der Waals surface area contributed by atoms with E-state index >= 15 is 0 Å². The summed E-state index contributed by atoms with van der Waals surface area (Å²) in [5.74, 6) is -0.184. The van der Waals surface area contributed by atoms with Crippen molar-refractivity contribution in [3.8, 4) is 0 Å². The normalized spacial score (nSPS) is 17.9. The van der Waals surface area contributed by atoms with Gasteiger partial charge in [-0.2, -0.15) is 0 Å². The van der Waals surface area contributed by atoms with Crippen molar-refractivity contribution >= 4 is 17.3 Å². The average Bonchev–Trinajstić information content (AvgIpc) is 2.97. The van der Waals surface area contributed by atoms with Crippen LogP contribution in [0.15, 0.2) is 5.51 Å². The molecule has 0 amide bonds. The first-order chi connectivity index (χ1) is 8.72. The molecule has 0 aromatic carbocycles. The number of nitrogens with zero attached hydrogens (tertiary/aromatic N) is 1. The third-order valence-corrected chi connectivity index (χ3v) is 4.32. The molecule has 4 nitrogen and oxygen atoms in total. The van der Waals surface area contributed by atoms with Gasteiger partial charge in [0.1, 0.15) is 6.04 Å². The zero-order valence-electron chi connectivity index (χ0n) is 10.9. The lowest BCUT2D eigenvalue weighted by Crippen LogP contribution is -2.36. The minimum absolute atomic E-state index is 0.184. The van der Waals surface area contributed by atoms with Gasteiger partial charge in [-0.05, 0) is 26.7 Å². The Kier molecular flexibility index (Phi) is 4.72. The number of hydrogen-bond acceptors (Lipinski definition) is 5. The minimum atomic E-state index is -0.347. The lowest BCUT2D eigenvalue weighted by atomic mass is 10.1. The van der Waals surface area contributed by atoms with Gasteiger partial charge in [0.15, 0.2) is 0 Å². The number of esters is 1. The number of hydrogen-bond donors (Lipinski definition) is 1. The molecule has 1 saturated carbocycles. The molecule has 0 aliphatic heterocycles. The molecule has 1 N–H and O–H groups in total. The number of aryl methyl sites for hydroxylation is 1. The van der Waals surface area contributed by atoms with Gasteiger partial charge in [0.25, 0.3) is 0 Å². The van der Waals surface area contributed by atoms with Crippen LogP contribution in [0, 0.1) is 6.92 Å². The Balaban J connectivity index is 2.11. The van der Waals surface area contributed by atoms with Gasteiger partial charge in [-0.15, -0.1) is 11.3 Å². The third kappa shape index (κ3) is 3.09. The van der Waals surface area contributed by atoms with Crippen LogP contribution < -0.4 is 5.32 Å². The van der Waals surface area contributed by atoms with Crippen molar-refractivity contribution in [2.24, 2.45) is 0 Å². The molecule has 0 radical (unpaired) electrons. The first-order valence-electron chi connectivity index (χ1n) is 6.55. The molecule has 1 atom stereocenters. The topological polar surface area (TPSA) is 51.2 Å². The summed E-state index contributed by atoms with van der Waals surface area (Å²) in [6.45, 7) is 4.19. The highest BCUT2D eigenvalue weighted by Crippen LogP contribution is 2.27. The molecule has 1 aromatic rings. The Labute approximate surface area is 112 Å². The summed E-state index contributed by atoms with van der Waals surface area (Å²) in [6, 6.07) is 0.0847. The summed E-state index contributed by atoms with van der Waals surface area (Å²) in [4.78, 5) is 17.3. The first kappa shape index (κ1) is 13.5. The van der Waals surface area contributed by atoms with E-state index in [0.29, 0.717) is 12.6 Å². The summed E-state index contributed by atoms with van der Waals surface area (Å²) in [7, 11) is 0. The second-order valence-electron chi connectivity index (χ2n) is 4.64. The summed E-state index contributed by atoms with van der Waals surface area (Å²) in [6.07, 6.45) is 4.78. The van der Waals surface area contributed by atoms with E-state index in [1.54, 1.807) is 5.51 Å². The highest BCUT2D eigenvalue weighted by atomic mass is 32.1. The van der Waals surface area contributed by atoms with E-state index in [2.05, 4.69) is 10.3 Å². The molecular weight excluding hydrogens is 248 g/mol. The highest BCUT2D eigenvalue weighted by Gasteiger charge is 2.29. The SMILES string of the molecule is CCOC(=O)C(NC1CCCC1)c1scnc1C. The van der Waals surface area contributed by atoms with Gasteiger partial charge in [-0.25, -0.2) is 9.78 Å². The van der Waals surface area contributed by atoms with Crippen LogP contribution >= 0.6 is 11.3 Å².